The highest BCUT2D eigenvalue weighted by molar-refractivity contribution is 7.17. The summed E-state index contributed by atoms with van der Waals surface area (Å²) in [5, 5.41) is 2.06. The summed E-state index contributed by atoms with van der Waals surface area (Å²) in [4.78, 5) is 14.2. The van der Waals surface area contributed by atoms with Gasteiger partial charge in [0, 0.05) is 31.7 Å². The van der Waals surface area contributed by atoms with Crippen LogP contribution in [0.15, 0.2) is 41.8 Å². The second-order valence-electron chi connectivity index (χ2n) is 6.70. The van der Waals surface area contributed by atoms with E-state index in [-0.39, 0.29) is 0 Å². The molecule has 5 heteroatoms. The van der Waals surface area contributed by atoms with Crippen LogP contribution >= 0.6 is 11.3 Å². The molecule has 0 spiro atoms. The number of fused-ring (bicyclic) bond motifs is 3. The molecule has 2 saturated heterocycles. The quantitative estimate of drug-likeness (QED) is 0.734. The van der Waals surface area contributed by atoms with Gasteiger partial charge in [0.1, 0.15) is 6.20 Å². The van der Waals surface area contributed by atoms with E-state index in [9.17, 15) is 0 Å². The second-order valence-corrected chi connectivity index (χ2v) is 7.61. The molecule has 5 rings (SSSR count). The number of thiophene rings is 1. The van der Waals surface area contributed by atoms with Crippen LogP contribution < -0.4 is 4.90 Å². The Labute approximate surface area is 145 Å². The fourth-order valence-corrected chi connectivity index (χ4v) is 4.69. The van der Waals surface area contributed by atoms with E-state index in [1.165, 1.54) is 12.0 Å². The van der Waals surface area contributed by atoms with Crippen LogP contribution in [0.1, 0.15) is 12.0 Å². The Hall–Kier alpha value is -1.98. The SMILES string of the molecule is [c]1nc(N2C[C@@H]3C[C@H]2CN3CCc2ccccc2)nc2ccsc12. The molecule has 2 aliphatic rings. The van der Waals surface area contributed by atoms with Crippen molar-refractivity contribution < 1.29 is 0 Å². The molecule has 2 aliphatic heterocycles. The average Bonchev–Trinajstić information content (AvgIpc) is 3.35. The number of hydrogen-bond acceptors (Lipinski definition) is 5. The summed E-state index contributed by atoms with van der Waals surface area (Å²) in [5.41, 5.74) is 2.45. The summed E-state index contributed by atoms with van der Waals surface area (Å²) in [7, 11) is 0. The van der Waals surface area contributed by atoms with E-state index in [4.69, 9.17) is 4.98 Å². The van der Waals surface area contributed by atoms with Crippen LogP contribution in [0.25, 0.3) is 10.2 Å². The van der Waals surface area contributed by atoms with Crippen molar-refractivity contribution in [1.29, 1.82) is 0 Å². The Morgan fingerprint density at radius 3 is 2.88 bits per heavy atom. The van der Waals surface area contributed by atoms with Crippen molar-refractivity contribution in [3.8, 4) is 0 Å². The third-order valence-corrected chi connectivity index (χ3v) is 6.07. The Bertz CT molecular complexity index is 847. The Balaban J connectivity index is 1.26. The van der Waals surface area contributed by atoms with E-state index in [1.807, 2.05) is 0 Å². The van der Waals surface area contributed by atoms with E-state index >= 15 is 0 Å². The topological polar surface area (TPSA) is 32.3 Å². The number of rotatable bonds is 4. The maximum absolute atomic E-state index is 4.73. The number of benzene rings is 1. The molecule has 2 atom stereocenters. The summed E-state index contributed by atoms with van der Waals surface area (Å²) in [5.74, 6) is 0.858. The van der Waals surface area contributed by atoms with E-state index in [1.54, 1.807) is 11.3 Å². The first kappa shape index (κ1) is 14.4. The molecule has 1 radical (unpaired) electrons. The van der Waals surface area contributed by atoms with E-state index in [0.29, 0.717) is 12.1 Å². The molecule has 0 N–H and O–H groups in total. The number of nitrogens with zero attached hydrogens (tertiary/aromatic N) is 4. The Morgan fingerprint density at radius 1 is 1.12 bits per heavy atom. The predicted molar refractivity (Wildman–Crippen MR) is 97.5 cm³/mol. The van der Waals surface area contributed by atoms with Gasteiger partial charge in [0.25, 0.3) is 0 Å². The monoisotopic (exact) mass is 335 g/mol. The van der Waals surface area contributed by atoms with Crippen LogP contribution in [0.2, 0.25) is 0 Å². The van der Waals surface area contributed by atoms with Gasteiger partial charge in [0.05, 0.1) is 10.2 Å². The zero-order chi connectivity index (χ0) is 15.9. The van der Waals surface area contributed by atoms with Crippen molar-refractivity contribution in [1.82, 2.24) is 14.9 Å². The highest BCUT2D eigenvalue weighted by atomic mass is 32.1. The Morgan fingerprint density at radius 2 is 2.04 bits per heavy atom. The van der Waals surface area contributed by atoms with Gasteiger partial charge in [-0.15, -0.1) is 11.3 Å². The summed E-state index contributed by atoms with van der Waals surface area (Å²) < 4.78 is 1.05. The lowest BCUT2D eigenvalue weighted by Gasteiger charge is -2.34. The predicted octanol–water partition coefficient (Wildman–Crippen LogP) is 3.00. The molecule has 1 aromatic carbocycles. The van der Waals surface area contributed by atoms with Crippen molar-refractivity contribution in [2.45, 2.75) is 24.9 Å². The van der Waals surface area contributed by atoms with Crippen molar-refractivity contribution in [3.63, 3.8) is 0 Å². The van der Waals surface area contributed by atoms with E-state index in [2.05, 4.69) is 62.8 Å². The molecule has 4 nitrogen and oxygen atoms in total. The molecule has 121 valence electrons. The van der Waals surface area contributed by atoms with Gasteiger partial charge in [-0.2, -0.15) is 0 Å². The van der Waals surface area contributed by atoms with Crippen LogP contribution in [-0.4, -0.2) is 46.6 Å². The lowest BCUT2D eigenvalue weighted by Crippen LogP contribution is -2.47. The Kier molecular flexibility index (Phi) is 3.49. The first-order valence-corrected chi connectivity index (χ1v) is 9.42. The molecule has 24 heavy (non-hydrogen) atoms. The largest absolute Gasteiger partial charge is 0.335 e. The van der Waals surface area contributed by atoms with Crippen LogP contribution in [0, 0.1) is 6.20 Å². The smallest absolute Gasteiger partial charge is 0.226 e. The van der Waals surface area contributed by atoms with E-state index < -0.39 is 0 Å². The molecule has 0 aliphatic carbocycles. The van der Waals surface area contributed by atoms with Gasteiger partial charge in [0.15, 0.2) is 0 Å². The second kappa shape index (κ2) is 5.83. The van der Waals surface area contributed by atoms with Crippen molar-refractivity contribution in [2.24, 2.45) is 0 Å². The molecule has 0 saturated carbocycles. The number of hydrogen-bond donors (Lipinski definition) is 0. The summed E-state index contributed by atoms with van der Waals surface area (Å²) in [6, 6.07) is 14.0. The fraction of sp³-hybridized carbons (Fsp3) is 0.368. The highest BCUT2D eigenvalue weighted by Crippen LogP contribution is 2.33. The van der Waals surface area contributed by atoms with Gasteiger partial charge < -0.3 is 4.90 Å². The molecule has 2 fully saturated rings. The van der Waals surface area contributed by atoms with Crippen LogP contribution in [0.5, 0.6) is 0 Å². The molecule has 3 aromatic rings. The molecule has 0 unspecified atom stereocenters. The number of aromatic nitrogens is 2. The minimum Gasteiger partial charge on any atom is -0.335 e. The van der Waals surface area contributed by atoms with Crippen molar-refractivity contribution >= 4 is 27.5 Å². The minimum atomic E-state index is 0.551. The standard InChI is InChI=1S/C19H19N4S/c1-2-4-14(5-3-1)6-8-22-12-16-10-15(22)13-23(16)19-20-11-18-17(21-19)7-9-24-18/h1-5,7,9,15-16H,6,8,10,12-13H2/t15-,16-/m0/s1. The molecule has 2 bridgehead atoms. The van der Waals surface area contributed by atoms with E-state index in [0.717, 1.165) is 42.2 Å². The van der Waals surface area contributed by atoms with Gasteiger partial charge in [0.2, 0.25) is 5.95 Å². The zero-order valence-electron chi connectivity index (χ0n) is 13.4. The van der Waals surface area contributed by atoms with Crippen LogP contribution in [-0.2, 0) is 6.42 Å². The van der Waals surface area contributed by atoms with Crippen LogP contribution in [0.3, 0.4) is 0 Å². The third-order valence-electron chi connectivity index (χ3n) is 5.26. The molecular weight excluding hydrogens is 316 g/mol. The zero-order valence-corrected chi connectivity index (χ0v) is 14.2. The summed E-state index contributed by atoms with van der Waals surface area (Å²) in [6.07, 6.45) is 5.51. The fourth-order valence-electron chi connectivity index (χ4n) is 4.02. The van der Waals surface area contributed by atoms with Gasteiger partial charge in [-0.25, -0.2) is 9.97 Å². The summed E-state index contributed by atoms with van der Waals surface area (Å²) >= 11 is 1.65. The van der Waals surface area contributed by atoms with Crippen molar-refractivity contribution in [2.75, 3.05) is 24.5 Å². The normalized spacial score (nSPS) is 23.4. The maximum Gasteiger partial charge on any atom is 0.226 e. The van der Waals surface area contributed by atoms with Gasteiger partial charge in [-0.3, -0.25) is 4.90 Å². The number of likely N-dealkylation sites (tertiary alicyclic amines) is 1. The third kappa shape index (κ3) is 2.48. The average molecular weight is 335 g/mol. The maximum atomic E-state index is 4.73. The lowest BCUT2D eigenvalue weighted by atomic mass is 10.1. The van der Waals surface area contributed by atoms with Gasteiger partial charge in [-0.05, 0) is 29.9 Å². The van der Waals surface area contributed by atoms with Gasteiger partial charge >= 0.3 is 0 Å². The highest BCUT2D eigenvalue weighted by Gasteiger charge is 2.43. The first-order valence-electron chi connectivity index (χ1n) is 8.54. The number of anilines is 1. The number of piperazine rings is 1. The molecule has 0 amide bonds. The molecular formula is C19H19N4S. The summed E-state index contributed by atoms with van der Waals surface area (Å²) in [6.45, 7) is 3.32. The lowest BCUT2D eigenvalue weighted by molar-refractivity contribution is 0.241. The van der Waals surface area contributed by atoms with Gasteiger partial charge in [-0.1, -0.05) is 30.3 Å². The molecule has 4 heterocycles. The first-order chi connectivity index (χ1) is 11.9. The van der Waals surface area contributed by atoms with Crippen LogP contribution in [0.4, 0.5) is 5.95 Å². The van der Waals surface area contributed by atoms with Crippen molar-refractivity contribution in [3.05, 3.63) is 53.5 Å². The minimum absolute atomic E-state index is 0.551. The molecule has 2 aromatic heterocycles.